The quantitative estimate of drug-likeness (QED) is 0.482. The zero-order valence-electron chi connectivity index (χ0n) is 13.9. The van der Waals surface area contributed by atoms with Gasteiger partial charge in [0.05, 0.1) is 11.3 Å². The molecule has 0 aliphatic carbocycles. The molecular weight excluding hydrogens is 296 g/mol. The fourth-order valence-corrected chi connectivity index (χ4v) is 2.87. The van der Waals surface area contributed by atoms with Crippen LogP contribution in [0, 0.1) is 16.0 Å². The molecule has 0 bridgehead atoms. The maximum absolute atomic E-state index is 12.0. The lowest BCUT2D eigenvalue weighted by molar-refractivity contribution is -0.384. The second-order valence-electron chi connectivity index (χ2n) is 7.02. The van der Waals surface area contributed by atoms with Crippen molar-refractivity contribution in [3.05, 3.63) is 34.4 Å². The minimum Gasteiger partial charge on any atom is -0.460 e. The summed E-state index contributed by atoms with van der Waals surface area (Å²) in [5.74, 6) is 0.0989. The molecule has 23 heavy (non-hydrogen) atoms. The van der Waals surface area contributed by atoms with Crippen LogP contribution in [0.25, 0.3) is 0 Å². The topological polar surface area (TPSA) is 72.7 Å². The Morgan fingerprint density at radius 2 is 2.00 bits per heavy atom. The Kier molecular flexibility index (Phi) is 5.23. The third-order valence-electron chi connectivity index (χ3n) is 3.82. The highest BCUT2D eigenvalue weighted by molar-refractivity contribution is 5.70. The standard InChI is InChI=1S/C17H24N2O4/c1-17(2,3)23-16(20)11-13-5-4-10-18(12-13)14-6-8-15(9-7-14)19(21)22/h6-9,13H,4-5,10-12H2,1-3H3/t13-/m0/s1. The van der Waals surface area contributed by atoms with Crippen molar-refractivity contribution in [1.82, 2.24) is 0 Å². The molecule has 1 fully saturated rings. The molecule has 0 saturated carbocycles. The van der Waals surface area contributed by atoms with Gasteiger partial charge in [0.2, 0.25) is 0 Å². The predicted molar refractivity (Wildman–Crippen MR) is 88.5 cm³/mol. The maximum atomic E-state index is 12.0. The van der Waals surface area contributed by atoms with Crippen LogP contribution in [0.4, 0.5) is 11.4 Å². The van der Waals surface area contributed by atoms with Gasteiger partial charge in [-0.05, 0) is 51.7 Å². The van der Waals surface area contributed by atoms with Gasteiger partial charge in [-0.3, -0.25) is 14.9 Å². The number of non-ortho nitro benzene ring substituents is 1. The molecule has 126 valence electrons. The number of nitrogens with zero attached hydrogens (tertiary/aromatic N) is 2. The molecule has 0 aromatic heterocycles. The number of anilines is 1. The molecule has 1 aliphatic heterocycles. The number of nitro benzene ring substituents is 1. The summed E-state index contributed by atoms with van der Waals surface area (Å²) in [6, 6.07) is 6.58. The second-order valence-corrected chi connectivity index (χ2v) is 7.02. The van der Waals surface area contributed by atoms with Crippen molar-refractivity contribution in [3.8, 4) is 0 Å². The van der Waals surface area contributed by atoms with Crippen LogP contribution in [-0.2, 0) is 9.53 Å². The number of piperidine rings is 1. The molecule has 1 heterocycles. The molecule has 1 aromatic rings. The van der Waals surface area contributed by atoms with Gasteiger partial charge < -0.3 is 9.64 Å². The van der Waals surface area contributed by atoms with Crippen LogP contribution >= 0.6 is 0 Å². The van der Waals surface area contributed by atoms with Gasteiger partial charge in [0, 0.05) is 30.9 Å². The molecule has 1 saturated heterocycles. The molecule has 2 rings (SSSR count). The summed E-state index contributed by atoms with van der Waals surface area (Å²) < 4.78 is 5.39. The molecule has 6 nitrogen and oxygen atoms in total. The first kappa shape index (κ1) is 17.2. The molecule has 6 heteroatoms. The number of rotatable bonds is 4. The lowest BCUT2D eigenvalue weighted by Crippen LogP contribution is -2.37. The van der Waals surface area contributed by atoms with Gasteiger partial charge in [-0.15, -0.1) is 0 Å². The van der Waals surface area contributed by atoms with E-state index in [-0.39, 0.29) is 17.6 Å². The highest BCUT2D eigenvalue weighted by Gasteiger charge is 2.25. The van der Waals surface area contributed by atoms with Gasteiger partial charge in [0.1, 0.15) is 5.60 Å². The summed E-state index contributed by atoms with van der Waals surface area (Å²) in [4.78, 5) is 24.5. The number of carbonyl (C=O) groups excluding carboxylic acids is 1. The summed E-state index contributed by atoms with van der Waals surface area (Å²) in [5, 5.41) is 10.7. The number of benzene rings is 1. The summed E-state index contributed by atoms with van der Waals surface area (Å²) in [7, 11) is 0. The Hall–Kier alpha value is -2.11. The monoisotopic (exact) mass is 320 g/mol. The first-order valence-electron chi connectivity index (χ1n) is 7.96. The highest BCUT2D eigenvalue weighted by atomic mass is 16.6. The van der Waals surface area contributed by atoms with Crippen LogP contribution < -0.4 is 4.90 Å². The Balaban J connectivity index is 1.95. The smallest absolute Gasteiger partial charge is 0.306 e. The Labute approximate surface area is 136 Å². The van der Waals surface area contributed by atoms with Crippen LogP contribution in [0.3, 0.4) is 0 Å². The van der Waals surface area contributed by atoms with Gasteiger partial charge in [0.15, 0.2) is 0 Å². The normalized spacial score (nSPS) is 18.6. The van der Waals surface area contributed by atoms with Gasteiger partial charge in [-0.2, -0.15) is 0 Å². The average Bonchev–Trinajstić information content (AvgIpc) is 2.45. The SMILES string of the molecule is CC(C)(C)OC(=O)C[C@@H]1CCCN(c2ccc([N+](=O)[O-])cc2)C1. The zero-order chi connectivity index (χ0) is 17.0. The molecule has 0 unspecified atom stereocenters. The highest BCUT2D eigenvalue weighted by Crippen LogP contribution is 2.27. The van der Waals surface area contributed by atoms with Crippen molar-refractivity contribution >= 4 is 17.3 Å². The van der Waals surface area contributed by atoms with E-state index in [0.717, 1.165) is 31.6 Å². The molecule has 0 radical (unpaired) electrons. The summed E-state index contributed by atoms with van der Waals surface area (Å²) in [6.07, 6.45) is 2.42. The minimum atomic E-state index is -0.455. The van der Waals surface area contributed by atoms with Crippen LogP contribution in [0.2, 0.25) is 0 Å². The first-order valence-corrected chi connectivity index (χ1v) is 7.96. The van der Waals surface area contributed by atoms with E-state index < -0.39 is 10.5 Å². The number of hydrogen-bond acceptors (Lipinski definition) is 5. The largest absolute Gasteiger partial charge is 0.460 e. The van der Waals surface area contributed by atoms with Gasteiger partial charge >= 0.3 is 5.97 Å². The van der Waals surface area contributed by atoms with E-state index in [2.05, 4.69) is 4.90 Å². The summed E-state index contributed by atoms with van der Waals surface area (Å²) in [6.45, 7) is 7.29. The third kappa shape index (κ3) is 5.23. The fraction of sp³-hybridized carbons (Fsp3) is 0.588. The van der Waals surface area contributed by atoms with Gasteiger partial charge in [-0.25, -0.2) is 0 Å². The summed E-state index contributed by atoms with van der Waals surface area (Å²) >= 11 is 0. The summed E-state index contributed by atoms with van der Waals surface area (Å²) in [5.41, 5.74) is 0.602. The fourth-order valence-electron chi connectivity index (χ4n) is 2.87. The molecule has 1 aromatic carbocycles. The van der Waals surface area contributed by atoms with Crippen molar-refractivity contribution in [2.75, 3.05) is 18.0 Å². The molecule has 1 atom stereocenters. The third-order valence-corrected chi connectivity index (χ3v) is 3.82. The molecule has 0 N–H and O–H groups in total. The van der Waals surface area contributed by atoms with E-state index >= 15 is 0 Å². The van der Waals surface area contributed by atoms with Gasteiger partial charge in [-0.1, -0.05) is 0 Å². The maximum Gasteiger partial charge on any atom is 0.306 e. The zero-order valence-corrected chi connectivity index (χ0v) is 13.9. The second kappa shape index (κ2) is 6.98. The van der Waals surface area contributed by atoms with Crippen molar-refractivity contribution in [1.29, 1.82) is 0 Å². The van der Waals surface area contributed by atoms with E-state index in [9.17, 15) is 14.9 Å². The number of carbonyl (C=O) groups is 1. The van der Waals surface area contributed by atoms with E-state index in [1.165, 1.54) is 12.1 Å². The lowest BCUT2D eigenvalue weighted by Gasteiger charge is -2.34. The number of nitro groups is 1. The number of hydrogen-bond donors (Lipinski definition) is 0. The van der Waals surface area contributed by atoms with Crippen LogP contribution in [0.1, 0.15) is 40.0 Å². The van der Waals surface area contributed by atoms with Crippen LogP contribution in [0.15, 0.2) is 24.3 Å². The van der Waals surface area contributed by atoms with Crippen LogP contribution in [-0.4, -0.2) is 29.6 Å². The van der Waals surface area contributed by atoms with E-state index in [1.54, 1.807) is 12.1 Å². The molecule has 0 spiro atoms. The number of esters is 1. The van der Waals surface area contributed by atoms with Crippen molar-refractivity contribution < 1.29 is 14.5 Å². The molecular formula is C17H24N2O4. The number of ether oxygens (including phenoxy) is 1. The van der Waals surface area contributed by atoms with Crippen molar-refractivity contribution in [2.45, 2.75) is 45.6 Å². The Morgan fingerprint density at radius 3 is 2.57 bits per heavy atom. The van der Waals surface area contributed by atoms with Crippen molar-refractivity contribution in [3.63, 3.8) is 0 Å². The van der Waals surface area contributed by atoms with Crippen molar-refractivity contribution in [2.24, 2.45) is 5.92 Å². The first-order chi connectivity index (χ1) is 10.7. The minimum absolute atomic E-state index is 0.0936. The molecule has 0 amide bonds. The van der Waals surface area contributed by atoms with Crippen LogP contribution in [0.5, 0.6) is 0 Å². The Bertz CT molecular complexity index is 563. The molecule has 1 aliphatic rings. The van der Waals surface area contributed by atoms with Gasteiger partial charge in [0.25, 0.3) is 5.69 Å². The average molecular weight is 320 g/mol. The predicted octanol–water partition coefficient (Wildman–Crippen LogP) is 3.54. The van der Waals surface area contributed by atoms with E-state index in [1.807, 2.05) is 20.8 Å². The Morgan fingerprint density at radius 1 is 1.35 bits per heavy atom. The van der Waals surface area contributed by atoms with E-state index in [4.69, 9.17) is 4.74 Å². The lowest BCUT2D eigenvalue weighted by atomic mass is 9.94. The van der Waals surface area contributed by atoms with E-state index in [0.29, 0.717) is 6.42 Å².